The maximum Gasteiger partial charge on any atom is 0.506 e. The summed E-state index contributed by atoms with van der Waals surface area (Å²) in [6, 6.07) is 8.66. The molecule has 1 rings (SSSR count). The highest BCUT2D eigenvalue weighted by Crippen LogP contribution is 2.37. The highest BCUT2D eigenvalue weighted by molar-refractivity contribution is 7.38. The normalized spacial score (nSPS) is 14.3. The lowest BCUT2D eigenvalue weighted by Crippen LogP contribution is -2.36. The van der Waals surface area contributed by atoms with Crippen LogP contribution in [0, 0.1) is 5.41 Å². The van der Waals surface area contributed by atoms with E-state index in [0.29, 0.717) is 5.56 Å². The smallest absolute Gasteiger partial charge is 0.481 e. The van der Waals surface area contributed by atoms with Crippen molar-refractivity contribution in [1.82, 2.24) is 0 Å². The minimum Gasteiger partial charge on any atom is -0.481 e. The molecular weight excluding hydrogens is 283 g/mol. The van der Waals surface area contributed by atoms with E-state index in [1.807, 2.05) is 0 Å². The summed E-state index contributed by atoms with van der Waals surface area (Å²) in [6.45, 7) is 0. The monoisotopic (exact) mass is 299 g/mol. The number of carboxylic acids is 2. The van der Waals surface area contributed by atoms with Crippen molar-refractivity contribution in [1.29, 1.82) is 0 Å². The van der Waals surface area contributed by atoms with E-state index in [1.165, 1.54) is 0 Å². The fourth-order valence-electron chi connectivity index (χ4n) is 2.07. The lowest BCUT2D eigenvalue weighted by atomic mass is 9.79. The summed E-state index contributed by atoms with van der Waals surface area (Å²) < 4.78 is 11.1. The van der Waals surface area contributed by atoms with E-state index in [0.717, 1.165) is 0 Å². The minimum absolute atomic E-state index is 0.0259. The Morgan fingerprint density at radius 3 is 2.20 bits per heavy atom. The van der Waals surface area contributed by atoms with Crippen LogP contribution in [0.4, 0.5) is 0 Å². The van der Waals surface area contributed by atoms with Gasteiger partial charge in [-0.05, 0) is 23.0 Å². The Balaban J connectivity index is 3.04. The number of benzene rings is 1. The molecule has 0 spiro atoms. The number of aliphatic carboxylic acids is 2. The highest BCUT2D eigenvalue weighted by Gasteiger charge is 2.45. The van der Waals surface area contributed by atoms with Crippen LogP contribution in [0.25, 0.3) is 0 Å². The zero-order valence-electron chi connectivity index (χ0n) is 10.7. The van der Waals surface area contributed by atoms with Gasteiger partial charge in [0.15, 0.2) is 6.16 Å². The van der Waals surface area contributed by atoms with Gasteiger partial charge in [0.05, 0.1) is 0 Å². The second kappa shape index (κ2) is 7.12. The lowest BCUT2D eigenvalue weighted by Gasteiger charge is -2.24. The third-order valence-corrected chi connectivity index (χ3v) is 3.97. The Kier molecular flexibility index (Phi) is 5.80. The van der Waals surface area contributed by atoms with Crippen molar-refractivity contribution in [3.63, 3.8) is 0 Å². The molecule has 0 aliphatic heterocycles. The molecule has 20 heavy (non-hydrogen) atoms. The summed E-state index contributed by atoms with van der Waals surface area (Å²) in [5.74, 6) is -2.38. The number of hydrogen-bond donors (Lipinski definition) is 3. The molecule has 1 aromatic carbocycles. The van der Waals surface area contributed by atoms with Gasteiger partial charge >= 0.3 is 20.0 Å². The van der Waals surface area contributed by atoms with E-state index in [4.69, 9.17) is 10.00 Å². The second-order valence-corrected chi connectivity index (χ2v) is 5.67. The Morgan fingerprint density at radius 2 is 1.75 bits per heavy atom. The largest absolute Gasteiger partial charge is 0.506 e. The first-order valence-electron chi connectivity index (χ1n) is 5.98. The molecule has 0 saturated heterocycles. The average Bonchev–Trinajstić information content (AvgIpc) is 2.36. The minimum atomic E-state index is -2.67. The maximum atomic E-state index is 11.5. The molecule has 1 aromatic rings. The summed E-state index contributed by atoms with van der Waals surface area (Å²) in [5.41, 5.74) is -0.848. The average molecular weight is 299 g/mol. The van der Waals surface area contributed by atoms with E-state index in [-0.39, 0.29) is 19.3 Å². The van der Waals surface area contributed by atoms with Crippen molar-refractivity contribution in [3.8, 4) is 0 Å². The first-order valence-corrected chi connectivity index (χ1v) is 7.38. The SMILES string of the molecule is O=C(O)CCC(Cc1ccccc1)(C[P+](=O)O)C(=O)O. The summed E-state index contributed by atoms with van der Waals surface area (Å²) in [6.07, 6.45) is -0.978. The molecule has 2 atom stereocenters. The van der Waals surface area contributed by atoms with E-state index in [9.17, 15) is 19.3 Å². The van der Waals surface area contributed by atoms with Crippen LogP contribution < -0.4 is 0 Å². The number of rotatable bonds is 8. The first kappa shape index (κ1) is 16.3. The number of carboxylic acid groups (broad SMARTS) is 2. The quantitative estimate of drug-likeness (QED) is 0.632. The Bertz CT molecular complexity index is 501. The molecule has 0 amide bonds. The third-order valence-electron chi connectivity index (χ3n) is 3.09. The molecule has 0 aliphatic rings. The van der Waals surface area contributed by atoms with Gasteiger partial charge in [0, 0.05) is 6.42 Å². The molecule has 0 aliphatic carbocycles. The van der Waals surface area contributed by atoms with Gasteiger partial charge in [0.2, 0.25) is 0 Å². The molecule has 108 valence electrons. The summed E-state index contributed by atoms with van der Waals surface area (Å²) in [4.78, 5) is 31.3. The fourth-order valence-corrected chi connectivity index (χ4v) is 2.99. The maximum absolute atomic E-state index is 11.5. The van der Waals surface area contributed by atoms with Crippen molar-refractivity contribution in [2.24, 2.45) is 5.41 Å². The number of hydrogen-bond acceptors (Lipinski definition) is 3. The van der Waals surface area contributed by atoms with Crippen molar-refractivity contribution in [2.45, 2.75) is 19.3 Å². The van der Waals surface area contributed by atoms with Crippen molar-refractivity contribution in [3.05, 3.63) is 35.9 Å². The molecule has 0 saturated carbocycles. The van der Waals surface area contributed by atoms with E-state index in [1.54, 1.807) is 30.3 Å². The van der Waals surface area contributed by atoms with Gasteiger partial charge in [-0.1, -0.05) is 30.3 Å². The molecule has 0 heterocycles. The Labute approximate surface area is 116 Å². The van der Waals surface area contributed by atoms with Crippen LogP contribution in [-0.4, -0.2) is 33.2 Å². The molecule has 0 fully saturated rings. The molecule has 7 heteroatoms. The molecule has 2 unspecified atom stereocenters. The van der Waals surface area contributed by atoms with E-state index in [2.05, 4.69) is 0 Å². The second-order valence-electron chi connectivity index (χ2n) is 4.65. The van der Waals surface area contributed by atoms with Crippen LogP contribution in [0.15, 0.2) is 30.3 Å². The number of carbonyl (C=O) groups is 2. The predicted molar refractivity (Wildman–Crippen MR) is 71.8 cm³/mol. The topological polar surface area (TPSA) is 112 Å². The predicted octanol–water partition coefficient (Wildman–Crippen LogP) is 1.90. The van der Waals surface area contributed by atoms with Crippen molar-refractivity contribution in [2.75, 3.05) is 6.16 Å². The van der Waals surface area contributed by atoms with Gasteiger partial charge in [0.25, 0.3) is 0 Å². The summed E-state index contributed by atoms with van der Waals surface area (Å²) in [5, 5.41) is 18.1. The van der Waals surface area contributed by atoms with Gasteiger partial charge in [-0.2, -0.15) is 4.89 Å². The van der Waals surface area contributed by atoms with Gasteiger partial charge in [-0.15, -0.1) is 0 Å². The van der Waals surface area contributed by atoms with Gasteiger partial charge < -0.3 is 10.2 Å². The molecule has 3 N–H and O–H groups in total. The molecule has 0 radical (unpaired) electrons. The van der Waals surface area contributed by atoms with E-state index >= 15 is 0 Å². The van der Waals surface area contributed by atoms with Gasteiger partial charge in [-0.25, -0.2) is 0 Å². The standard InChI is InChI=1S/C13H15O6P/c14-11(15)6-7-13(12(16)17,9-20(18)19)8-10-4-2-1-3-5-10/h1-5H,6-9H2,(H2-,14,15,16,17,18,19)/p+1. The summed E-state index contributed by atoms with van der Waals surface area (Å²) >= 11 is 0. The molecule has 0 bridgehead atoms. The zero-order valence-corrected chi connectivity index (χ0v) is 11.6. The zero-order chi connectivity index (χ0) is 15.2. The third kappa shape index (κ3) is 4.72. The molecule has 6 nitrogen and oxygen atoms in total. The van der Waals surface area contributed by atoms with Crippen LogP contribution in [0.5, 0.6) is 0 Å². The Morgan fingerprint density at radius 1 is 1.15 bits per heavy atom. The lowest BCUT2D eigenvalue weighted by molar-refractivity contribution is -0.149. The van der Waals surface area contributed by atoms with Crippen LogP contribution in [0.2, 0.25) is 0 Å². The summed E-state index contributed by atoms with van der Waals surface area (Å²) in [7, 11) is -2.67. The van der Waals surface area contributed by atoms with Crippen LogP contribution >= 0.6 is 8.03 Å². The first-order chi connectivity index (χ1) is 9.35. The van der Waals surface area contributed by atoms with Crippen molar-refractivity contribution < 1.29 is 29.3 Å². The van der Waals surface area contributed by atoms with Crippen LogP contribution in [-0.2, 0) is 20.6 Å². The Hall–Kier alpha value is -1.78. The molecular formula is C13H16O6P+. The van der Waals surface area contributed by atoms with Crippen LogP contribution in [0.1, 0.15) is 18.4 Å². The van der Waals surface area contributed by atoms with Crippen LogP contribution in [0.3, 0.4) is 0 Å². The van der Waals surface area contributed by atoms with Crippen molar-refractivity contribution >= 4 is 20.0 Å². The molecule has 0 aromatic heterocycles. The van der Waals surface area contributed by atoms with Gasteiger partial charge in [0.1, 0.15) is 5.41 Å². The highest BCUT2D eigenvalue weighted by atomic mass is 31.1. The fraction of sp³-hybridized carbons (Fsp3) is 0.385. The van der Waals surface area contributed by atoms with E-state index < -0.39 is 31.5 Å². The van der Waals surface area contributed by atoms with Gasteiger partial charge in [-0.3, -0.25) is 9.59 Å².